The lowest BCUT2D eigenvalue weighted by Gasteiger charge is -2.59. The number of rotatable bonds is 1. The minimum atomic E-state index is 0.00378. The van der Waals surface area contributed by atoms with Crippen molar-refractivity contribution in [3.05, 3.63) is 0 Å². The average molecular weight is 318 g/mol. The van der Waals surface area contributed by atoms with Gasteiger partial charge in [0.2, 0.25) is 0 Å². The number of carbonyl (C=O) groups is 2. The maximum Gasteiger partial charge on any atom is 0.306 e. The van der Waals surface area contributed by atoms with E-state index in [2.05, 4.69) is 13.8 Å². The predicted octanol–water partition coefficient (Wildman–Crippen LogP) is 4.14. The Morgan fingerprint density at radius 3 is 2.48 bits per heavy atom. The second-order valence-electron chi connectivity index (χ2n) is 9.22. The van der Waals surface area contributed by atoms with E-state index in [1.54, 1.807) is 6.92 Å². The highest BCUT2D eigenvalue weighted by molar-refractivity contribution is 5.79. The molecule has 4 fully saturated rings. The molecule has 0 aromatic carbocycles. The van der Waals surface area contributed by atoms with E-state index >= 15 is 0 Å². The molecule has 0 bridgehead atoms. The molecule has 0 radical (unpaired) electrons. The number of fused-ring (bicyclic) bond motifs is 5. The van der Waals surface area contributed by atoms with Gasteiger partial charge in [-0.3, -0.25) is 9.59 Å². The van der Waals surface area contributed by atoms with Gasteiger partial charge in [-0.25, -0.2) is 0 Å². The highest BCUT2D eigenvalue weighted by Gasteiger charge is 2.61. The van der Waals surface area contributed by atoms with Crippen LogP contribution in [0.15, 0.2) is 0 Å². The highest BCUT2D eigenvalue weighted by Crippen LogP contribution is 2.66. The first kappa shape index (κ1) is 15.7. The average Bonchev–Trinajstić information content (AvgIpc) is 2.85. The number of ketones is 1. The highest BCUT2D eigenvalue weighted by atomic mass is 16.5. The SMILES string of the molecule is CC(=O)[C@H]1CC[C@H]2[C@@H]3CC[C@H]4OC(=O)CC[C@]4(C)[C@H]3CC[C@]12C. The number of hydrogen-bond acceptors (Lipinski definition) is 3. The quantitative estimate of drug-likeness (QED) is 0.682. The van der Waals surface area contributed by atoms with Gasteiger partial charge in [-0.15, -0.1) is 0 Å². The summed E-state index contributed by atoms with van der Waals surface area (Å²) in [6.07, 6.45) is 8.65. The van der Waals surface area contributed by atoms with Gasteiger partial charge < -0.3 is 4.74 Å². The van der Waals surface area contributed by atoms with Crippen molar-refractivity contribution in [3.63, 3.8) is 0 Å². The van der Waals surface area contributed by atoms with Gasteiger partial charge in [0.25, 0.3) is 0 Å². The van der Waals surface area contributed by atoms with Crippen LogP contribution in [0.2, 0.25) is 0 Å². The van der Waals surface area contributed by atoms with E-state index in [1.807, 2.05) is 0 Å². The summed E-state index contributed by atoms with van der Waals surface area (Å²) in [5.74, 6) is 2.80. The summed E-state index contributed by atoms with van der Waals surface area (Å²) in [5, 5.41) is 0. The van der Waals surface area contributed by atoms with Crippen LogP contribution < -0.4 is 0 Å². The Bertz CT molecular complexity index is 541. The molecule has 0 N–H and O–H groups in total. The first-order chi connectivity index (χ1) is 10.9. The molecule has 7 atom stereocenters. The third kappa shape index (κ3) is 2.07. The van der Waals surface area contributed by atoms with Crippen LogP contribution in [0.5, 0.6) is 0 Å². The summed E-state index contributed by atoms with van der Waals surface area (Å²) >= 11 is 0. The van der Waals surface area contributed by atoms with Crippen LogP contribution in [0.25, 0.3) is 0 Å². The Kier molecular flexibility index (Phi) is 3.45. The molecule has 4 aliphatic rings. The Labute approximate surface area is 139 Å². The van der Waals surface area contributed by atoms with Crippen LogP contribution in [0.1, 0.15) is 72.1 Å². The third-order valence-electron chi connectivity index (χ3n) is 8.41. The van der Waals surface area contributed by atoms with Crippen molar-refractivity contribution in [2.75, 3.05) is 0 Å². The Hall–Kier alpha value is -0.860. The Morgan fingerprint density at radius 2 is 1.74 bits per heavy atom. The van der Waals surface area contributed by atoms with Gasteiger partial charge in [0.05, 0.1) is 0 Å². The van der Waals surface area contributed by atoms with E-state index in [0.717, 1.165) is 25.2 Å². The molecular weight excluding hydrogens is 288 g/mol. The van der Waals surface area contributed by atoms with Gasteiger partial charge in [-0.1, -0.05) is 13.8 Å². The second kappa shape index (κ2) is 5.07. The minimum absolute atomic E-state index is 0.00378. The van der Waals surface area contributed by atoms with Crippen molar-refractivity contribution in [2.45, 2.75) is 78.2 Å². The normalized spacial score (nSPS) is 52.1. The topological polar surface area (TPSA) is 43.4 Å². The van der Waals surface area contributed by atoms with Crippen molar-refractivity contribution >= 4 is 11.8 Å². The van der Waals surface area contributed by atoms with Gasteiger partial charge >= 0.3 is 5.97 Å². The fourth-order valence-electron chi connectivity index (χ4n) is 7.22. The van der Waals surface area contributed by atoms with Crippen LogP contribution in [0.3, 0.4) is 0 Å². The molecule has 4 rings (SSSR count). The van der Waals surface area contributed by atoms with Crippen molar-refractivity contribution in [1.29, 1.82) is 0 Å². The van der Waals surface area contributed by atoms with E-state index in [-0.39, 0.29) is 28.8 Å². The summed E-state index contributed by atoms with van der Waals surface area (Å²) in [4.78, 5) is 23.8. The molecule has 0 unspecified atom stereocenters. The molecule has 3 heteroatoms. The summed E-state index contributed by atoms with van der Waals surface area (Å²) < 4.78 is 5.75. The van der Waals surface area contributed by atoms with Crippen LogP contribution in [0.4, 0.5) is 0 Å². The molecule has 23 heavy (non-hydrogen) atoms. The predicted molar refractivity (Wildman–Crippen MR) is 87.7 cm³/mol. The second-order valence-corrected chi connectivity index (χ2v) is 9.22. The fraction of sp³-hybridized carbons (Fsp3) is 0.900. The number of hydrogen-bond donors (Lipinski definition) is 0. The van der Waals surface area contributed by atoms with E-state index in [0.29, 0.717) is 24.0 Å². The number of carbonyl (C=O) groups excluding carboxylic acids is 2. The Morgan fingerprint density at radius 1 is 1.00 bits per heavy atom. The van der Waals surface area contributed by atoms with Gasteiger partial charge in [0.1, 0.15) is 11.9 Å². The van der Waals surface area contributed by atoms with Gasteiger partial charge in [-0.05, 0) is 75.0 Å². The van der Waals surface area contributed by atoms with Gasteiger partial charge in [0.15, 0.2) is 0 Å². The summed E-state index contributed by atoms with van der Waals surface area (Å²) in [5.41, 5.74) is 0.397. The molecule has 0 amide bonds. The third-order valence-corrected chi connectivity index (χ3v) is 8.41. The van der Waals surface area contributed by atoms with E-state index in [9.17, 15) is 9.59 Å². The van der Waals surface area contributed by atoms with E-state index in [1.165, 1.54) is 25.7 Å². The van der Waals surface area contributed by atoms with Crippen molar-refractivity contribution < 1.29 is 14.3 Å². The monoisotopic (exact) mass is 318 g/mol. The molecular formula is C20H30O3. The summed E-state index contributed by atoms with van der Waals surface area (Å²) in [6.45, 7) is 6.56. The molecule has 128 valence electrons. The molecule has 1 aliphatic heterocycles. The van der Waals surface area contributed by atoms with Crippen molar-refractivity contribution in [3.8, 4) is 0 Å². The molecule has 0 aromatic rings. The lowest BCUT2D eigenvalue weighted by molar-refractivity contribution is -0.192. The fourth-order valence-corrected chi connectivity index (χ4v) is 7.22. The number of ether oxygens (including phenoxy) is 1. The van der Waals surface area contributed by atoms with Crippen molar-refractivity contribution in [1.82, 2.24) is 0 Å². The lowest BCUT2D eigenvalue weighted by Crippen LogP contribution is -2.56. The molecule has 0 spiro atoms. The van der Waals surface area contributed by atoms with Gasteiger partial charge in [0, 0.05) is 17.8 Å². The molecule has 3 aliphatic carbocycles. The van der Waals surface area contributed by atoms with Crippen LogP contribution in [-0.2, 0) is 14.3 Å². The van der Waals surface area contributed by atoms with Crippen LogP contribution in [0, 0.1) is 34.5 Å². The Balaban J connectivity index is 1.63. The molecule has 3 saturated carbocycles. The first-order valence-corrected chi connectivity index (χ1v) is 9.56. The first-order valence-electron chi connectivity index (χ1n) is 9.56. The van der Waals surface area contributed by atoms with E-state index < -0.39 is 0 Å². The standard InChI is InChI=1S/C20H30O3/c1-12(21)14-5-6-15-13-4-7-17-20(3,11-9-18(22)23-17)16(13)8-10-19(14,15)2/h13-17H,4-11H2,1-3H3/t13-,14+,15-,16-,17+,19+,20+/m0/s1. The molecule has 1 heterocycles. The molecule has 3 nitrogen and oxygen atoms in total. The number of Topliss-reactive ketones (excluding diaryl/α,β-unsaturated/α-hetero) is 1. The zero-order valence-corrected chi connectivity index (χ0v) is 14.8. The smallest absolute Gasteiger partial charge is 0.306 e. The molecule has 1 saturated heterocycles. The van der Waals surface area contributed by atoms with Crippen LogP contribution >= 0.6 is 0 Å². The largest absolute Gasteiger partial charge is 0.462 e. The lowest BCUT2D eigenvalue weighted by atomic mass is 9.47. The summed E-state index contributed by atoms with van der Waals surface area (Å²) in [7, 11) is 0. The maximum absolute atomic E-state index is 12.1. The minimum Gasteiger partial charge on any atom is -0.462 e. The zero-order valence-electron chi connectivity index (χ0n) is 14.8. The maximum atomic E-state index is 12.1. The number of esters is 1. The van der Waals surface area contributed by atoms with Gasteiger partial charge in [-0.2, -0.15) is 0 Å². The van der Waals surface area contributed by atoms with Crippen LogP contribution in [-0.4, -0.2) is 17.9 Å². The van der Waals surface area contributed by atoms with Crippen molar-refractivity contribution in [2.24, 2.45) is 34.5 Å². The zero-order chi connectivity index (χ0) is 16.4. The summed E-state index contributed by atoms with van der Waals surface area (Å²) in [6, 6.07) is 0. The molecule has 0 aromatic heterocycles. The van der Waals surface area contributed by atoms with E-state index in [4.69, 9.17) is 4.74 Å².